The predicted octanol–water partition coefficient (Wildman–Crippen LogP) is 4.64. The van der Waals surface area contributed by atoms with E-state index in [9.17, 15) is 4.79 Å². The molecule has 2 N–H and O–H groups in total. The summed E-state index contributed by atoms with van der Waals surface area (Å²) in [5.41, 5.74) is 6.48. The largest absolute Gasteiger partial charge is 0.494 e. The van der Waals surface area contributed by atoms with E-state index in [1.807, 2.05) is 31.2 Å². The van der Waals surface area contributed by atoms with Crippen LogP contribution in [0.15, 0.2) is 24.3 Å². The molecule has 0 aliphatic heterocycles. The normalized spacial score (nSPS) is 13.3. The van der Waals surface area contributed by atoms with E-state index in [-0.39, 0.29) is 5.97 Å². The molecule has 0 radical (unpaired) electrons. The van der Waals surface area contributed by atoms with Crippen molar-refractivity contribution in [2.45, 2.75) is 77.7 Å². The summed E-state index contributed by atoms with van der Waals surface area (Å²) in [5.74, 6) is 0.597. The molecule has 1 rings (SSSR count). The Labute approximate surface area is 153 Å². The minimum Gasteiger partial charge on any atom is -0.494 e. The molecule has 25 heavy (non-hydrogen) atoms. The van der Waals surface area contributed by atoms with E-state index in [2.05, 4.69) is 6.92 Å². The molecule has 0 heterocycles. The zero-order valence-corrected chi connectivity index (χ0v) is 16.2. The molecule has 1 unspecified atom stereocenters. The minimum absolute atomic E-state index is 0.305. The summed E-state index contributed by atoms with van der Waals surface area (Å²) in [6.07, 6.45) is 8.10. The Hall–Kier alpha value is -1.55. The van der Waals surface area contributed by atoms with Gasteiger partial charge in [0.1, 0.15) is 11.3 Å². The summed E-state index contributed by atoms with van der Waals surface area (Å²) in [5, 5.41) is 0. The first-order valence-corrected chi connectivity index (χ1v) is 9.73. The fourth-order valence-corrected chi connectivity index (χ4v) is 2.71. The highest BCUT2D eigenvalue weighted by Gasteiger charge is 2.33. The summed E-state index contributed by atoms with van der Waals surface area (Å²) < 4.78 is 10.9. The second-order valence-corrected chi connectivity index (χ2v) is 6.64. The molecule has 1 aromatic rings. The standard InChI is InChI=1S/C21H35NO3/c1-4-7-8-9-10-17-25-19-13-11-18(12-14-19)15-16-21(22,5-2)20(23)24-6-3/h11-14H,4-10,15-17,22H2,1-3H3. The van der Waals surface area contributed by atoms with E-state index >= 15 is 0 Å². The lowest BCUT2D eigenvalue weighted by molar-refractivity contribution is -0.150. The van der Waals surface area contributed by atoms with E-state index in [0.717, 1.165) is 30.8 Å². The van der Waals surface area contributed by atoms with Gasteiger partial charge in [-0.05, 0) is 50.3 Å². The van der Waals surface area contributed by atoms with Gasteiger partial charge >= 0.3 is 5.97 Å². The van der Waals surface area contributed by atoms with Crippen molar-refractivity contribution >= 4 is 5.97 Å². The van der Waals surface area contributed by atoms with E-state index in [0.29, 0.717) is 19.4 Å². The van der Waals surface area contributed by atoms with Crippen LogP contribution in [0.3, 0.4) is 0 Å². The molecule has 0 saturated heterocycles. The fraction of sp³-hybridized carbons (Fsp3) is 0.667. The van der Waals surface area contributed by atoms with Crippen molar-refractivity contribution in [1.82, 2.24) is 0 Å². The van der Waals surface area contributed by atoms with Crippen LogP contribution in [0, 0.1) is 0 Å². The molecule has 0 saturated carbocycles. The topological polar surface area (TPSA) is 61.5 Å². The van der Waals surface area contributed by atoms with Gasteiger partial charge in [-0.25, -0.2) is 0 Å². The highest BCUT2D eigenvalue weighted by molar-refractivity contribution is 5.80. The SMILES string of the molecule is CCCCCCCOc1ccc(CCC(N)(CC)C(=O)OCC)cc1. The first kappa shape index (κ1) is 21.5. The van der Waals surface area contributed by atoms with Crippen LogP contribution in [-0.4, -0.2) is 24.7 Å². The lowest BCUT2D eigenvalue weighted by Crippen LogP contribution is -2.48. The van der Waals surface area contributed by atoms with Crippen LogP contribution >= 0.6 is 0 Å². The maximum absolute atomic E-state index is 12.0. The third kappa shape index (κ3) is 7.91. The lowest BCUT2D eigenvalue weighted by Gasteiger charge is -2.25. The van der Waals surface area contributed by atoms with Crippen molar-refractivity contribution < 1.29 is 14.3 Å². The van der Waals surface area contributed by atoms with Gasteiger partial charge in [-0.1, -0.05) is 51.7 Å². The highest BCUT2D eigenvalue weighted by atomic mass is 16.5. The Morgan fingerprint density at radius 2 is 1.72 bits per heavy atom. The van der Waals surface area contributed by atoms with Crippen molar-refractivity contribution in [2.75, 3.05) is 13.2 Å². The molecule has 142 valence electrons. The van der Waals surface area contributed by atoms with Gasteiger partial charge in [-0.15, -0.1) is 0 Å². The molecule has 1 aromatic carbocycles. The lowest BCUT2D eigenvalue weighted by atomic mass is 9.90. The number of unbranched alkanes of at least 4 members (excludes halogenated alkanes) is 4. The van der Waals surface area contributed by atoms with E-state index in [4.69, 9.17) is 15.2 Å². The third-order valence-electron chi connectivity index (χ3n) is 4.61. The average molecular weight is 350 g/mol. The minimum atomic E-state index is -0.899. The second-order valence-electron chi connectivity index (χ2n) is 6.64. The molecular weight excluding hydrogens is 314 g/mol. The predicted molar refractivity (Wildman–Crippen MR) is 103 cm³/mol. The van der Waals surface area contributed by atoms with Crippen molar-refractivity contribution in [3.05, 3.63) is 29.8 Å². The van der Waals surface area contributed by atoms with Crippen LogP contribution in [0.2, 0.25) is 0 Å². The van der Waals surface area contributed by atoms with Crippen molar-refractivity contribution in [1.29, 1.82) is 0 Å². The number of esters is 1. The van der Waals surface area contributed by atoms with Crippen LogP contribution in [-0.2, 0) is 16.0 Å². The third-order valence-corrected chi connectivity index (χ3v) is 4.61. The molecule has 0 bridgehead atoms. The second kappa shape index (κ2) is 11.9. The first-order chi connectivity index (χ1) is 12.1. The molecule has 0 fully saturated rings. The number of carbonyl (C=O) groups excluding carboxylic acids is 1. The van der Waals surface area contributed by atoms with Gasteiger partial charge in [-0.3, -0.25) is 4.79 Å². The number of nitrogens with two attached hydrogens (primary N) is 1. The summed E-state index contributed by atoms with van der Waals surface area (Å²) in [6.45, 7) is 7.08. The Bertz CT molecular complexity index is 486. The van der Waals surface area contributed by atoms with Gasteiger partial charge in [0.25, 0.3) is 0 Å². The van der Waals surface area contributed by atoms with E-state index in [1.54, 1.807) is 6.92 Å². The van der Waals surface area contributed by atoms with Crippen LogP contribution in [0.5, 0.6) is 5.75 Å². The van der Waals surface area contributed by atoms with Crippen LogP contribution in [0.1, 0.15) is 71.3 Å². The van der Waals surface area contributed by atoms with Crippen molar-refractivity contribution in [3.8, 4) is 5.75 Å². The van der Waals surface area contributed by atoms with Crippen molar-refractivity contribution in [2.24, 2.45) is 5.73 Å². The number of carbonyl (C=O) groups is 1. The monoisotopic (exact) mass is 349 g/mol. The number of hydrogen-bond acceptors (Lipinski definition) is 4. The van der Waals surface area contributed by atoms with Gasteiger partial charge in [0.2, 0.25) is 0 Å². The number of benzene rings is 1. The number of hydrogen-bond donors (Lipinski definition) is 1. The summed E-state index contributed by atoms with van der Waals surface area (Å²) in [4.78, 5) is 12.0. The molecule has 0 aliphatic rings. The molecule has 4 heteroatoms. The zero-order valence-electron chi connectivity index (χ0n) is 16.2. The Morgan fingerprint density at radius 1 is 1.04 bits per heavy atom. The van der Waals surface area contributed by atoms with Crippen molar-refractivity contribution in [3.63, 3.8) is 0 Å². The highest BCUT2D eigenvalue weighted by Crippen LogP contribution is 2.20. The van der Waals surface area contributed by atoms with E-state index < -0.39 is 5.54 Å². The first-order valence-electron chi connectivity index (χ1n) is 9.73. The molecule has 1 atom stereocenters. The summed E-state index contributed by atoms with van der Waals surface area (Å²) in [6, 6.07) is 8.09. The van der Waals surface area contributed by atoms with E-state index in [1.165, 1.54) is 25.7 Å². The van der Waals surface area contributed by atoms with Crippen LogP contribution < -0.4 is 10.5 Å². The molecule has 4 nitrogen and oxygen atoms in total. The quantitative estimate of drug-likeness (QED) is 0.416. The summed E-state index contributed by atoms with van der Waals surface area (Å²) >= 11 is 0. The molecule has 0 aliphatic carbocycles. The van der Waals surface area contributed by atoms with Gasteiger partial charge in [0.15, 0.2) is 0 Å². The Kier molecular flexibility index (Phi) is 10.2. The molecule has 0 aromatic heterocycles. The smallest absolute Gasteiger partial charge is 0.326 e. The van der Waals surface area contributed by atoms with Gasteiger partial charge in [0, 0.05) is 0 Å². The van der Waals surface area contributed by atoms with Crippen LogP contribution in [0.4, 0.5) is 0 Å². The number of rotatable bonds is 13. The molecular formula is C21H35NO3. The fourth-order valence-electron chi connectivity index (χ4n) is 2.71. The Balaban J connectivity index is 2.39. The summed E-state index contributed by atoms with van der Waals surface area (Å²) in [7, 11) is 0. The Morgan fingerprint density at radius 3 is 2.32 bits per heavy atom. The van der Waals surface area contributed by atoms with Crippen LogP contribution in [0.25, 0.3) is 0 Å². The number of aryl methyl sites for hydroxylation is 1. The molecule has 0 spiro atoms. The average Bonchev–Trinajstić information content (AvgIpc) is 2.63. The maximum Gasteiger partial charge on any atom is 0.326 e. The maximum atomic E-state index is 12.0. The molecule has 0 amide bonds. The van der Waals surface area contributed by atoms with Gasteiger partial charge in [-0.2, -0.15) is 0 Å². The number of ether oxygens (including phenoxy) is 2. The van der Waals surface area contributed by atoms with Gasteiger partial charge < -0.3 is 15.2 Å². The zero-order chi connectivity index (χ0) is 18.5. The van der Waals surface area contributed by atoms with Gasteiger partial charge in [0.05, 0.1) is 13.2 Å².